The zero-order chi connectivity index (χ0) is 6.78. The van der Waals surface area contributed by atoms with Gasteiger partial charge in [-0.1, -0.05) is 6.92 Å². The lowest BCUT2D eigenvalue weighted by atomic mass is 10.3. The Bertz CT molecular complexity index is 68.2. The first-order chi connectivity index (χ1) is 3.48. The van der Waals surface area contributed by atoms with Crippen molar-refractivity contribution in [2.24, 2.45) is 0 Å². The zero-order valence-electron chi connectivity index (χ0n) is 4.50. The molecular weight excluding hydrogens is 163 g/mol. The topological polar surface area (TPSA) is 0 Å². The zero-order valence-corrected chi connectivity index (χ0v) is 7.19. The maximum Gasteiger partial charge on any atom is 0.132 e. The number of rotatable bonds is 2. The number of halogens is 1. The van der Waals surface area contributed by atoms with Crippen molar-refractivity contribution < 1.29 is 4.39 Å². The second kappa shape index (κ2) is 3.22. The monoisotopic (exact) mass is 172 g/mol. The molecule has 1 unspecified atom stereocenters. The van der Waals surface area contributed by atoms with Crippen LogP contribution in [0.3, 0.4) is 0 Å². The molecule has 0 aromatic rings. The molecule has 0 aromatic carbocycles. The van der Waals surface area contributed by atoms with Gasteiger partial charge in [-0.2, -0.15) is 0 Å². The third kappa shape index (κ3) is 3.10. The van der Waals surface area contributed by atoms with Crippen molar-refractivity contribution in [2.75, 3.05) is 0 Å². The van der Waals surface area contributed by atoms with Crippen LogP contribution in [0.4, 0.5) is 4.39 Å². The number of thiol groups is 3. The molecule has 1 atom stereocenters. The predicted octanol–water partition coefficient (Wildman–Crippen LogP) is 2.18. The van der Waals surface area contributed by atoms with Gasteiger partial charge in [-0.15, -0.1) is 37.9 Å². The molecule has 0 aliphatic rings. The van der Waals surface area contributed by atoms with Gasteiger partial charge >= 0.3 is 0 Å². The van der Waals surface area contributed by atoms with Crippen LogP contribution in [-0.4, -0.2) is 9.58 Å². The summed E-state index contributed by atoms with van der Waals surface area (Å²) in [4.78, 5) is 0. The predicted molar refractivity (Wildman–Crippen MR) is 44.9 cm³/mol. The van der Waals surface area contributed by atoms with Crippen molar-refractivity contribution in [2.45, 2.75) is 22.9 Å². The minimum Gasteiger partial charge on any atom is -0.244 e. The van der Waals surface area contributed by atoms with Gasteiger partial charge < -0.3 is 0 Å². The highest BCUT2D eigenvalue weighted by molar-refractivity contribution is 8.17. The molecule has 0 heterocycles. The van der Waals surface area contributed by atoms with Crippen molar-refractivity contribution in [1.29, 1.82) is 0 Å². The average molecular weight is 172 g/mol. The van der Waals surface area contributed by atoms with Crippen molar-refractivity contribution in [3.8, 4) is 0 Å². The molecule has 4 heteroatoms. The molecule has 0 radical (unpaired) electrons. The van der Waals surface area contributed by atoms with E-state index in [-0.39, 0.29) is 0 Å². The lowest BCUT2D eigenvalue weighted by molar-refractivity contribution is 0.339. The van der Waals surface area contributed by atoms with Gasteiger partial charge in [-0.25, -0.2) is 4.39 Å². The summed E-state index contributed by atoms with van der Waals surface area (Å²) in [5.41, 5.74) is 0. The molecule has 0 saturated carbocycles. The molecule has 0 fully saturated rings. The first-order valence-corrected chi connectivity index (χ1v) is 3.63. The molecule has 50 valence electrons. The van der Waals surface area contributed by atoms with E-state index in [0.717, 1.165) is 0 Å². The second-order valence-corrected chi connectivity index (χ2v) is 4.74. The van der Waals surface area contributed by atoms with Gasteiger partial charge in [0.25, 0.3) is 0 Å². The Hall–Kier alpha value is 0.980. The van der Waals surface area contributed by atoms with E-state index < -0.39 is 9.58 Å². The van der Waals surface area contributed by atoms with E-state index in [4.69, 9.17) is 0 Å². The molecule has 0 aromatic heterocycles. The lowest BCUT2D eigenvalue weighted by Gasteiger charge is -2.18. The molecule has 0 N–H and O–H groups in total. The van der Waals surface area contributed by atoms with Gasteiger partial charge in [-0.3, -0.25) is 0 Å². The van der Waals surface area contributed by atoms with E-state index in [1.807, 2.05) is 0 Å². The third-order valence-electron chi connectivity index (χ3n) is 0.779. The lowest BCUT2D eigenvalue weighted by Crippen LogP contribution is -2.19. The van der Waals surface area contributed by atoms with Crippen molar-refractivity contribution in [3.05, 3.63) is 0 Å². The van der Waals surface area contributed by atoms with Crippen LogP contribution >= 0.6 is 37.9 Å². The van der Waals surface area contributed by atoms with Crippen molar-refractivity contribution in [1.82, 2.24) is 0 Å². The molecule has 0 rings (SSSR count). The SMILES string of the molecule is CCC(F)C(S)(S)S. The summed E-state index contributed by atoms with van der Waals surface area (Å²) in [6.45, 7) is 1.72. The molecule has 0 bridgehead atoms. The smallest absolute Gasteiger partial charge is 0.132 e. The minimum absolute atomic E-state index is 0.399. The highest BCUT2D eigenvalue weighted by atomic mass is 32.2. The summed E-state index contributed by atoms with van der Waals surface area (Å²) in [5, 5.41) is 0. The largest absolute Gasteiger partial charge is 0.244 e. The molecule has 0 saturated heterocycles. The van der Waals surface area contributed by atoms with E-state index in [0.29, 0.717) is 6.42 Å². The number of hydrogen-bond donors (Lipinski definition) is 3. The summed E-state index contributed by atoms with van der Waals surface area (Å²) >= 11 is 11.3. The maximum atomic E-state index is 12.4. The van der Waals surface area contributed by atoms with Crippen LogP contribution in [-0.2, 0) is 0 Å². The Labute approximate surface area is 65.5 Å². The fourth-order valence-electron chi connectivity index (χ4n) is 0.274. The molecule has 0 aliphatic heterocycles. The second-order valence-electron chi connectivity index (χ2n) is 1.56. The molecule has 0 nitrogen and oxygen atoms in total. The van der Waals surface area contributed by atoms with Crippen LogP contribution in [0, 0.1) is 0 Å². The van der Waals surface area contributed by atoms with Gasteiger partial charge in [0.1, 0.15) is 9.58 Å². The highest BCUT2D eigenvalue weighted by Gasteiger charge is 2.25. The molecule has 0 amide bonds. The molecular formula is C4H9FS3. The van der Waals surface area contributed by atoms with Gasteiger partial charge in [0.2, 0.25) is 0 Å². The third-order valence-corrected chi connectivity index (χ3v) is 1.62. The summed E-state index contributed by atoms with van der Waals surface area (Å²) in [6.07, 6.45) is -0.659. The van der Waals surface area contributed by atoms with E-state index in [1.54, 1.807) is 6.92 Å². The van der Waals surface area contributed by atoms with E-state index in [2.05, 4.69) is 37.9 Å². The van der Waals surface area contributed by atoms with Gasteiger partial charge in [-0.05, 0) is 6.42 Å². The van der Waals surface area contributed by atoms with Crippen LogP contribution in [0.5, 0.6) is 0 Å². The Balaban J connectivity index is 3.62. The number of alkyl halides is 1. The van der Waals surface area contributed by atoms with Crippen molar-refractivity contribution >= 4 is 37.9 Å². The Morgan fingerprint density at radius 2 is 1.88 bits per heavy atom. The van der Waals surface area contributed by atoms with Gasteiger partial charge in [0.15, 0.2) is 0 Å². The van der Waals surface area contributed by atoms with Crippen LogP contribution in [0.2, 0.25) is 0 Å². The average Bonchev–Trinajstić information content (AvgIpc) is 1.62. The van der Waals surface area contributed by atoms with Crippen LogP contribution < -0.4 is 0 Å². The summed E-state index contributed by atoms with van der Waals surface area (Å²) in [7, 11) is 0. The van der Waals surface area contributed by atoms with E-state index >= 15 is 0 Å². The fraction of sp³-hybridized carbons (Fsp3) is 1.00. The Kier molecular flexibility index (Phi) is 3.62. The molecule has 8 heavy (non-hydrogen) atoms. The van der Waals surface area contributed by atoms with Crippen LogP contribution in [0.25, 0.3) is 0 Å². The maximum absolute atomic E-state index is 12.4. The Morgan fingerprint density at radius 1 is 1.50 bits per heavy atom. The highest BCUT2D eigenvalue weighted by Crippen LogP contribution is 2.32. The summed E-state index contributed by atoms with van der Waals surface area (Å²) in [5.74, 6) is 0. The summed E-state index contributed by atoms with van der Waals surface area (Å²) < 4.78 is 11.3. The van der Waals surface area contributed by atoms with Gasteiger partial charge in [0, 0.05) is 0 Å². The van der Waals surface area contributed by atoms with Gasteiger partial charge in [0.05, 0.1) is 0 Å². The first kappa shape index (κ1) is 8.98. The summed E-state index contributed by atoms with van der Waals surface area (Å²) in [6, 6.07) is 0. The van der Waals surface area contributed by atoms with Crippen LogP contribution in [0.1, 0.15) is 13.3 Å². The standard InChI is InChI=1S/C4H9FS3/c1-2-3(5)4(6,7)8/h3,6-8H,2H2,1H3. The minimum atomic E-state index is -1.07. The Morgan fingerprint density at radius 3 is 1.88 bits per heavy atom. The quantitative estimate of drug-likeness (QED) is 0.413. The molecule has 0 spiro atoms. The van der Waals surface area contributed by atoms with E-state index in [9.17, 15) is 4.39 Å². The van der Waals surface area contributed by atoms with Crippen molar-refractivity contribution in [3.63, 3.8) is 0 Å². The normalized spacial score (nSPS) is 16.1. The van der Waals surface area contributed by atoms with E-state index in [1.165, 1.54) is 0 Å². The first-order valence-electron chi connectivity index (χ1n) is 2.29. The fourth-order valence-corrected chi connectivity index (χ4v) is 0.822. The number of hydrogen-bond acceptors (Lipinski definition) is 3. The molecule has 0 aliphatic carbocycles. The van der Waals surface area contributed by atoms with Crippen LogP contribution in [0.15, 0.2) is 0 Å².